The standard InChI is InChI=1S/C35H39O5S.C25H30NOS.C21H26F3S.C16H16F3OS.C13H10F3S.C8H11S.2CH4/c1-23-14-31(41(29-10-6-4-7-11-29)30-12-8-5-9-13-30)15-24(2)34(23)39-21-32(36)38-22-33(37)40-35(3)27-17-25-16-26(19-27)20-28(35)18-25;1-20-18-24(19-21(2)25(20)27-17-11-16-26(3)4)28(22-12-7-5-8-13-22)23-14-9-6-10-15-23;1-19(2,3)15-7-11-17(12-8-15)25(21(22,23)24)18-13-9-16(10-14-18)20(4,5)6;1-11-9-14(10-12(2)15(11)20-3)21(16(17,18)19)13-7-5-4-6-8-13;14-13(15,16)17(11-7-3-1-4-8-11)12-9-5-2-6-10-12;1-9(2)8-6-4-3-5-7-8;;/h4-15,25-28H,16-22H2,1-3H3;5-10,12-15,18-19H,11,16-17H2,1-4H3;7-14H,1-6H3;4-10H,1-3H3;1-10H;3-7H,1-2H3;2*1H4/q6*+1;;. The van der Waals surface area contributed by atoms with Crippen LogP contribution in [0.3, 0.4) is 0 Å². The molecular weight excluding hydrogens is 1930 g/mol. The number of halogens is 9. The Kier molecular flexibility index (Phi) is 43.2. The zero-order valence-corrected chi connectivity index (χ0v) is 88.6. The average Bonchev–Trinajstić information content (AvgIpc) is 0.730. The van der Waals surface area contributed by atoms with Gasteiger partial charge in [0.2, 0.25) is 0 Å². The molecule has 4 saturated carbocycles. The van der Waals surface area contributed by atoms with E-state index in [-0.39, 0.29) is 70.5 Å². The van der Waals surface area contributed by atoms with E-state index >= 15 is 0 Å². The largest absolute Gasteiger partial charge is 0.586 e. The van der Waals surface area contributed by atoms with Gasteiger partial charge in [0.25, 0.3) is 0 Å². The molecule has 1 atom stereocenters. The highest BCUT2D eigenvalue weighted by Crippen LogP contribution is 2.60. The van der Waals surface area contributed by atoms with Gasteiger partial charge in [-0.05, 0) is 301 Å². The average molecular weight is 2070 g/mol. The topological polar surface area (TPSA) is 83.5 Å². The van der Waals surface area contributed by atoms with Crippen molar-refractivity contribution in [2.75, 3.05) is 60.1 Å². The van der Waals surface area contributed by atoms with Crippen LogP contribution in [0.4, 0.5) is 39.5 Å². The van der Waals surface area contributed by atoms with Crippen molar-refractivity contribution in [2.45, 2.75) is 240 Å². The molecule has 1 unspecified atom stereocenters. The number of nitrogens with zero attached hydrogens (tertiary/aromatic N) is 1. The van der Waals surface area contributed by atoms with Gasteiger partial charge in [0.1, 0.15) is 35.4 Å². The van der Waals surface area contributed by atoms with Crippen LogP contribution in [0.15, 0.2) is 391 Å². The summed E-state index contributed by atoms with van der Waals surface area (Å²) >= 11 is 0. The summed E-state index contributed by atoms with van der Waals surface area (Å²) in [6.45, 7) is 27.4. The van der Waals surface area contributed by atoms with Crippen molar-refractivity contribution in [1.82, 2.24) is 4.90 Å². The molecule has 17 rings (SSSR count). The van der Waals surface area contributed by atoms with Crippen molar-refractivity contribution in [2.24, 2.45) is 23.7 Å². The first-order valence-electron chi connectivity index (χ1n) is 47.2. The second kappa shape index (κ2) is 53.1. The summed E-state index contributed by atoms with van der Waals surface area (Å²) in [7, 11) is -0.0149. The normalized spacial score (nSPS) is 16.0. The number of hydrogen-bond donors (Lipinski definition) is 0. The zero-order chi connectivity index (χ0) is 102. The van der Waals surface area contributed by atoms with Crippen LogP contribution in [0, 0.1) is 65.2 Å². The van der Waals surface area contributed by atoms with Gasteiger partial charge >= 0.3 is 28.5 Å². The van der Waals surface area contributed by atoms with Gasteiger partial charge in [-0.15, -0.1) is 39.5 Å². The summed E-state index contributed by atoms with van der Waals surface area (Å²) < 4.78 is 150. The number of aryl methyl sites for hydroxylation is 6. The number of hydrogen-bond acceptors (Lipinski definition) is 8. The van der Waals surface area contributed by atoms with Crippen LogP contribution >= 0.6 is 0 Å². The fourth-order valence-electron chi connectivity index (χ4n) is 18.1. The highest BCUT2D eigenvalue weighted by molar-refractivity contribution is 7.99. The first kappa shape index (κ1) is 116. The molecule has 4 aliphatic carbocycles. The molecule has 0 N–H and O–H groups in total. The van der Waals surface area contributed by atoms with E-state index in [1.807, 2.05) is 50.2 Å². The molecule has 4 aliphatic rings. The molecule has 0 saturated heterocycles. The molecule has 0 spiro atoms. The summed E-state index contributed by atoms with van der Waals surface area (Å²) in [6, 6.07) is 103. The summed E-state index contributed by atoms with van der Waals surface area (Å²) in [5.41, 5.74) is -5.63. The Morgan fingerprint density at radius 1 is 0.343 bits per heavy atom. The fraction of sp³-hybridized carbons (Fsp3) is 0.333. The molecule has 4 bridgehead atoms. The number of ether oxygens (including phenoxy) is 5. The van der Waals surface area contributed by atoms with Gasteiger partial charge in [-0.25, -0.2) is 9.59 Å². The summed E-state index contributed by atoms with van der Waals surface area (Å²) in [5.74, 6) is 3.75. The second-order valence-corrected chi connectivity index (χ2v) is 50.2. The van der Waals surface area contributed by atoms with Crippen molar-refractivity contribution in [1.29, 1.82) is 0 Å². The van der Waals surface area contributed by atoms with Crippen molar-refractivity contribution in [3.63, 3.8) is 0 Å². The first-order valence-corrected chi connectivity index (χ1v) is 55.3. The Balaban J connectivity index is 0.000000200. The number of methoxy groups -OCH3 is 1. The van der Waals surface area contributed by atoms with E-state index in [1.165, 1.54) is 95.3 Å². The highest BCUT2D eigenvalue weighted by Gasteiger charge is 2.59. The van der Waals surface area contributed by atoms with Gasteiger partial charge in [0.05, 0.1) is 35.5 Å². The number of benzene rings is 13. The number of carbonyl (C=O) groups excluding carboxylic acids is 2. The number of carbonyl (C=O) groups is 2. The molecule has 0 aliphatic heterocycles. The lowest BCUT2D eigenvalue weighted by Gasteiger charge is -2.59. The highest BCUT2D eigenvalue weighted by atomic mass is 32.2. The van der Waals surface area contributed by atoms with E-state index in [1.54, 1.807) is 105 Å². The Bertz CT molecular complexity index is 5810. The summed E-state index contributed by atoms with van der Waals surface area (Å²) in [5, 5.41) is 0. The third-order valence-corrected chi connectivity index (χ3v) is 36.1. The molecule has 0 aromatic heterocycles. The SMILES string of the molecule is C.C.CC(C)(C)c1ccc([S+](c2ccc(C(C)(C)C)cc2)C(F)(F)F)cc1.COc1c(C)cc([S+](c2ccccc2)C(F)(F)F)cc1C.C[S+](C)c1ccccc1.Cc1cc([S+](c2ccccc2)c2ccccc2)cc(C)c1OCC(=O)OCC(=O)OC1(C)C2CC3CC(C2)CC1C3.Cc1cc([S+](c2ccccc2)c2ccccc2)cc(C)c1OCCCN(C)C.FC(F)(F)[S+](c1ccccc1)c1ccccc1. The Morgan fingerprint density at radius 2 is 0.608 bits per heavy atom. The molecule has 4 fully saturated rings. The van der Waals surface area contributed by atoms with Crippen LogP contribution in [0.2, 0.25) is 0 Å². The molecule has 13 aromatic carbocycles. The smallest absolute Gasteiger partial charge is 0.496 e. The van der Waals surface area contributed by atoms with Crippen molar-refractivity contribution < 1.29 is 72.8 Å². The minimum absolute atomic E-state index is 0. The van der Waals surface area contributed by atoms with Gasteiger partial charge in [-0.2, -0.15) is 0 Å². The maximum Gasteiger partial charge on any atom is 0.586 e. The van der Waals surface area contributed by atoms with Crippen molar-refractivity contribution in [3.8, 4) is 17.2 Å². The third kappa shape index (κ3) is 32.8. The Morgan fingerprint density at radius 3 is 0.881 bits per heavy atom. The predicted octanol–water partition coefficient (Wildman–Crippen LogP) is 32.0. The maximum absolute atomic E-state index is 13.8. The molecule has 0 radical (unpaired) electrons. The van der Waals surface area contributed by atoms with Crippen LogP contribution in [-0.2, 0) is 95.3 Å². The lowest BCUT2D eigenvalue weighted by Crippen LogP contribution is -2.58. The molecule has 0 heterocycles. The van der Waals surface area contributed by atoms with Crippen LogP contribution in [0.1, 0.15) is 146 Å². The van der Waals surface area contributed by atoms with Crippen LogP contribution in [0.5, 0.6) is 17.2 Å². The minimum Gasteiger partial charge on any atom is -0.496 e. The van der Waals surface area contributed by atoms with E-state index in [0.717, 1.165) is 85.1 Å². The van der Waals surface area contributed by atoms with Gasteiger partial charge in [-0.1, -0.05) is 226 Å². The Labute approximate surface area is 861 Å². The number of alkyl halides is 9. The lowest BCUT2D eigenvalue weighted by molar-refractivity contribution is -0.207. The quantitative estimate of drug-likeness (QED) is 0.0242. The van der Waals surface area contributed by atoms with E-state index in [4.69, 9.17) is 23.7 Å². The van der Waals surface area contributed by atoms with Crippen LogP contribution in [0.25, 0.3) is 0 Å². The molecule has 8 nitrogen and oxygen atoms in total. The van der Waals surface area contributed by atoms with E-state index in [2.05, 4.69) is 258 Å². The van der Waals surface area contributed by atoms with Crippen LogP contribution < -0.4 is 14.2 Å². The van der Waals surface area contributed by atoms with E-state index in [0.29, 0.717) is 64.9 Å². The molecule has 23 heteroatoms. The second-order valence-electron chi connectivity index (χ2n) is 38.0. The molecular formula is C120H140F9NO7S6+6. The van der Waals surface area contributed by atoms with Crippen molar-refractivity contribution >= 4 is 77.3 Å². The predicted molar refractivity (Wildman–Crippen MR) is 578 cm³/mol. The minimum atomic E-state index is -4.31. The van der Waals surface area contributed by atoms with E-state index in [9.17, 15) is 49.1 Å². The van der Waals surface area contributed by atoms with Crippen molar-refractivity contribution in [3.05, 3.63) is 372 Å². The fourth-order valence-corrected chi connectivity index (χ4v) is 28.4. The maximum atomic E-state index is 13.8. The van der Waals surface area contributed by atoms with Gasteiger partial charge in [-0.3, -0.25) is 0 Å². The molecule has 13 aromatic rings. The van der Waals surface area contributed by atoms with E-state index < -0.39 is 66.7 Å². The molecule has 760 valence electrons. The first-order chi connectivity index (χ1) is 66.9. The monoisotopic (exact) mass is 2070 g/mol. The Hall–Kier alpha value is -10.4. The van der Waals surface area contributed by atoms with Gasteiger partial charge < -0.3 is 28.6 Å². The molecule has 0 amide bonds. The van der Waals surface area contributed by atoms with Crippen LogP contribution in [-0.4, -0.2) is 99.0 Å². The summed E-state index contributed by atoms with van der Waals surface area (Å²) in [4.78, 5) is 38.4. The number of esters is 2. The van der Waals surface area contributed by atoms with Gasteiger partial charge in [0.15, 0.2) is 110 Å². The third-order valence-electron chi connectivity index (χ3n) is 24.7. The number of rotatable bonds is 25. The molecule has 143 heavy (non-hydrogen) atoms. The van der Waals surface area contributed by atoms with Gasteiger partial charge in [0, 0.05) is 53.8 Å². The summed E-state index contributed by atoms with van der Waals surface area (Å²) in [6.07, 6.45) is 11.5. The zero-order valence-electron chi connectivity index (χ0n) is 83.7. The lowest BCUT2D eigenvalue weighted by atomic mass is 9.50.